The average Bonchev–Trinajstić information content (AvgIpc) is 3.44. The number of hydrogen-bond donors (Lipinski definition) is 1. The molecular weight excluding hydrogens is 465 g/mol. The molecule has 36 heavy (non-hydrogen) atoms. The van der Waals surface area contributed by atoms with Crippen LogP contribution in [0.5, 0.6) is 0 Å². The molecule has 0 saturated heterocycles. The zero-order valence-electron chi connectivity index (χ0n) is 20.7. The van der Waals surface area contributed by atoms with Crippen molar-refractivity contribution in [2.45, 2.75) is 52.7 Å². The maximum atomic E-state index is 14.9. The molecule has 0 spiro atoms. The summed E-state index contributed by atoms with van der Waals surface area (Å²) >= 11 is 0. The predicted octanol–water partition coefficient (Wildman–Crippen LogP) is 4.46. The molecule has 3 heterocycles. The second-order valence-corrected chi connectivity index (χ2v) is 9.29. The Morgan fingerprint density at radius 1 is 1.11 bits per heavy atom. The molecule has 0 fully saturated rings. The molecule has 0 bridgehead atoms. The van der Waals surface area contributed by atoms with Gasteiger partial charge in [0, 0.05) is 29.1 Å². The minimum atomic E-state index is -0.577. The van der Waals surface area contributed by atoms with Gasteiger partial charge in [0.2, 0.25) is 0 Å². The number of halogens is 1. The van der Waals surface area contributed by atoms with Crippen LogP contribution in [0.1, 0.15) is 39.7 Å². The van der Waals surface area contributed by atoms with E-state index in [9.17, 15) is 14.0 Å². The van der Waals surface area contributed by atoms with Gasteiger partial charge in [0.1, 0.15) is 29.9 Å². The molecule has 4 aromatic rings. The van der Waals surface area contributed by atoms with E-state index in [0.29, 0.717) is 34.5 Å². The minimum Gasteiger partial charge on any atom is -0.465 e. The Kier molecular flexibility index (Phi) is 7.14. The van der Waals surface area contributed by atoms with Gasteiger partial charge in [-0.2, -0.15) is 5.10 Å². The van der Waals surface area contributed by atoms with E-state index in [-0.39, 0.29) is 31.3 Å². The predicted molar refractivity (Wildman–Crippen MR) is 131 cm³/mol. The summed E-state index contributed by atoms with van der Waals surface area (Å²) in [6.07, 6.45) is 5.11. The van der Waals surface area contributed by atoms with Crippen LogP contribution >= 0.6 is 0 Å². The maximum Gasteiger partial charge on any atom is 0.327 e. The summed E-state index contributed by atoms with van der Waals surface area (Å²) in [5.41, 5.74) is 3.08. The molecular formula is C26H28FN5O4. The lowest BCUT2D eigenvalue weighted by molar-refractivity contribution is -0.154. The number of nitrogens with zero attached hydrogens (tertiary/aromatic N) is 4. The number of aromatic amines is 1. The monoisotopic (exact) mass is 493 g/mol. The molecule has 9 nitrogen and oxygen atoms in total. The van der Waals surface area contributed by atoms with Crippen LogP contribution in [0.15, 0.2) is 43.0 Å². The van der Waals surface area contributed by atoms with Gasteiger partial charge in [-0.05, 0) is 51.8 Å². The zero-order chi connectivity index (χ0) is 25.9. The van der Waals surface area contributed by atoms with Crippen molar-refractivity contribution in [1.29, 1.82) is 0 Å². The van der Waals surface area contributed by atoms with Crippen LogP contribution in [-0.4, -0.2) is 48.9 Å². The molecule has 188 valence electrons. The van der Waals surface area contributed by atoms with E-state index in [0.717, 1.165) is 11.3 Å². The molecule has 3 aromatic heterocycles. The molecule has 0 aliphatic rings. The highest BCUT2D eigenvalue weighted by Gasteiger charge is 2.18. The van der Waals surface area contributed by atoms with Crippen molar-refractivity contribution in [3.8, 4) is 22.5 Å². The fourth-order valence-corrected chi connectivity index (χ4v) is 3.78. The quantitative estimate of drug-likeness (QED) is 0.361. The third-order valence-corrected chi connectivity index (χ3v) is 5.31. The summed E-state index contributed by atoms with van der Waals surface area (Å²) in [5, 5.41) is 4.93. The number of nitrogens with one attached hydrogen (secondary N) is 1. The number of aryl methyl sites for hydroxylation is 1. The normalized spacial score (nSPS) is 11.6. The Bertz CT molecular complexity index is 1400. The third kappa shape index (κ3) is 5.94. The Hall–Kier alpha value is -4.08. The van der Waals surface area contributed by atoms with E-state index in [1.54, 1.807) is 52.2 Å². The number of carbonyl (C=O) groups is 2. The van der Waals surface area contributed by atoms with Crippen LogP contribution < -0.4 is 0 Å². The number of aromatic nitrogens is 5. The molecule has 4 rings (SSSR count). The van der Waals surface area contributed by atoms with E-state index in [1.165, 1.54) is 17.1 Å². The van der Waals surface area contributed by atoms with Crippen molar-refractivity contribution in [3.63, 3.8) is 0 Å². The molecule has 10 heteroatoms. The number of hydrogen-bond acceptors (Lipinski definition) is 7. The Balaban J connectivity index is 1.55. The van der Waals surface area contributed by atoms with Crippen LogP contribution in [0.4, 0.5) is 4.39 Å². The number of fused-ring (bicyclic) bond motifs is 1. The van der Waals surface area contributed by atoms with Crippen LogP contribution in [-0.2, 0) is 32.0 Å². The summed E-state index contributed by atoms with van der Waals surface area (Å²) < 4.78 is 26.7. The van der Waals surface area contributed by atoms with Gasteiger partial charge < -0.3 is 14.5 Å². The van der Waals surface area contributed by atoms with E-state index >= 15 is 0 Å². The first-order valence-corrected chi connectivity index (χ1v) is 11.7. The highest BCUT2D eigenvalue weighted by Crippen LogP contribution is 2.30. The van der Waals surface area contributed by atoms with Gasteiger partial charge in [-0.25, -0.2) is 14.4 Å². The number of rotatable bonds is 8. The maximum absolute atomic E-state index is 14.9. The summed E-state index contributed by atoms with van der Waals surface area (Å²) in [6.45, 7) is 7.46. The molecule has 1 aromatic carbocycles. The highest BCUT2D eigenvalue weighted by atomic mass is 19.1. The molecule has 0 atom stereocenters. The van der Waals surface area contributed by atoms with E-state index < -0.39 is 11.4 Å². The summed E-state index contributed by atoms with van der Waals surface area (Å²) in [6, 6.07) is 6.72. The standard InChI is InChI=1S/C26H28FN5O4/c1-5-35-23(34)14-32-13-18(12-30-32)21-11-19-24(28-15-29-25(19)31-21)17-7-6-16(20(27)10-17)8-9-22(33)36-26(2,3)4/h6-7,10-13,15H,5,8-9,14H2,1-4H3,(H,28,29,31). The van der Waals surface area contributed by atoms with Gasteiger partial charge in [-0.15, -0.1) is 0 Å². The summed E-state index contributed by atoms with van der Waals surface area (Å²) in [5.74, 6) is -1.15. The van der Waals surface area contributed by atoms with Crippen molar-refractivity contribution < 1.29 is 23.5 Å². The van der Waals surface area contributed by atoms with Gasteiger partial charge in [-0.1, -0.05) is 12.1 Å². The lowest BCUT2D eigenvalue weighted by Crippen LogP contribution is -2.24. The van der Waals surface area contributed by atoms with Gasteiger partial charge in [0.05, 0.1) is 24.2 Å². The van der Waals surface area contributed by atoms with Crippen molar-refractivity contribution in [1.82, 2.24) is 24.7 Å². The second-order valence-electron chi connectivity index (χ2n) is 9.29. The second kappa shape index (κ2) is 10.3. The van der Waals surface area contributed by atoms with Crippen molar-refractivity contribution >= 4 is 23.0 Å². The summed E-state index contributed by atoms with van der Waals surface area (Å²) in [7, 11) is 0. The van der Waals surface area contributed by atoms with Gasteiger partial charge in [0.25, 0.3) is 0 Å². The van der Waals surface area contributed by atoms with E-state index in [1.807, 2.05) is 6.07 Å². The first-order valence-electron chi connectivity index (χ1n) is 11.7. The van der Waals surface area contributed by atoms with E-state index in [2.05, 4.69) is 20.1 Å². The molecule has 0 radical (unpaired) electrons. The molecule has 0 aliphatic carbocycles. The fourth-order valence-electron chi connectivity index (χ4n) is 3.78. The Labute approximate surface area is 207 Å². The van der Waals surface area contributed by atoms with E-state index in [4.69, 9.17) is 9.47 Å². The average molecular weight is 494 g/mol. The van der Waals surface area contributed by atoms with Crippen LogP contribution in [0.25, 0.3) is 33.5 Å². The number of benzene rings is 1. The molecule has 1 N–H and O–H groups in total. The molecule has 0 saturated carbocycles. The SMILES string of the molecule is CCOC(=O)Cn1cc(-c2cc3c(-c4ccc(CCC(=O)OC(C)(C)C)c(F)c4)ncnc3[nH]2)cn1. The van der Waals surface area contributed by atoms with Gasteiger partial charge in [0.15, 0.2) is 0 Å². The number of esters is 2. The fraction of sp³-hybridized carbons (Fsp3) is 0.346. The smallest absolute Gasteiger partial charge is 0.327 e. The Morgan fingerprint density at radius 3 is 2.64 bits per heavy atom. The largest absolute Gasteiger partial charge is 0.465 e. The highest BCUT2D eigenvalue weighted by molar-refractivity contribution is 5.94. The first kappa shape index (κ1) is 25.0. The summed E-state index contributed by atoms with van der Waals surface area (Å²) in [4.78, 5) is 35.6. The topological polar surface area (TPSA) is 112 Å². The first-order chi connectivity index (χ1) is 17.1. The Morgan fingerprint density at radius 2 is 1.92 bits per heavy atom. The number of carbonyl (C=O) groups excluding carboxylic acids is 2. The minimum absolute atomic E-state index is 0.0126. The number of ether oxygens (including phenoxy) is 2. The van der Waals surface area contributed by atoms with Gasteiger partial charge >= 0.3 is 11.9 Å². The van der Waals surface area contributed by atoms with Gasteiger partial charge in [-0.3, -0.25) is 14.3 Å². The molecule has 0 aliphatic heterocycles. The van der Waals surface area contributed by atoms with Crippen LogP contribution in [0, 0.1) is 5.82 Å². The van der Waals surface area contributed by atoms with Crippen molar-refractivity contribution in [2.24, 2.45) is 0 Å². The van der Waals surface area contributed by atoms with Crippen molar-refractivity contribution in [3.05, 3.63) is 54.4 Å². The lowest BCUT2D eigenvalue weighted by atomic mass is 10.0. The number of H-pyrrole nitrogens is 1. The third-order valence-electron chi connectivity index (χ3n) is 5.31. The van der Waals surface area contributed by atoms with Crippen molar-refractivity contribution in [2.75, 3.05) is 6.61 Å². The molecule has 0 unspecified atom stereocenters. The zero-order valence-corrected chi connectivity index (χ0v) is 20.7. The van der Waals surface area contributed by atoms with Crippen LogP contribution in [0.3, 0.4) is 0 Å². The lowest BCUT2D eigenvalue weighted by Gasteiger charge is -2.19. The molecule has 0 amide bonds. The van der Waals surface area contributed by atoms with Crippen LogP contribution in [0.2, 0.25) is 0 Å².